The van der Waals surface area contributed by atoms with Gasteiger partial charge in [0, 0.05) is 23.7 Å². The second kappa shape index (κ2) is 6.58. The number of hydrogen-bond acceptors (Lipinski definition) is 3. The Labute approximate surface area is 126 Å². The smallest absolute Gasteiger partial charge is 0.304 e. The fourth-order valence-corrected chi connectivity index (χ4v) is 2.73. The number of nitrogens with one attached hydrogen (secondary N) is 1. The molecule has 0 aliphatic rings. The molecule has 1 N–H and O–H groups in total. The van der Waals surface area contributed by atoms with Crippen molar-refractivity contribution in [2.75, 3.05) is 0 Å². The molecule has 1 aromatic carbocycles. The van der Waals surface area contributed by atoms with Crippen LogP contribution in [0.1, 0.15) is 40.9 Å². The van der Waals surface area contributed by atoms with Gasteiger partial charge in [0.1, 0.15) is 5.01 Å². The molecule has 6 heteroatoms. The molecular weight excluding hydrogens is 297 g/mol. The summed E-state index contributed by atoms with van der Waals surface area (Å²) >= 11 is 1.65. The lowest BCUT2D eigenvalue weighted by Gasteiger charge is -2.14. The van der Waals surface area contributed by atoms with Gasteiger partial charge in [0.15, 0.2) is 0 Å². The first-order chi connectivity index (χ1) is 9.90. The minimum Gasteiger partial charge on any atom is -0.304 e. The van der Waals surface area contributed by atoms with Gasteiger partial charge in [-0.2, -0.15) is 13.2 Å². The Morgan fingerprint density at radius 2 is 1.90 bits per heavy atom. The van der Waals surface area contributed by atoms with E-state index in [0.29, 0.717) is 6.54 Å². The molecule has 1 unspecified atom stereocenters. The van der Waals surface area contributed by atoms with Gasteiger partial charge in [0.2, 0.25) is 0 Å². The molecule has 2 rings (SSSR count). The molecule has 114 valence electrons. The fourth-order valence-electron chi connectivity index (χ4n) is 1.91. The molecule has 1 heterocycles. The second-order valence-corrected chi connectivity index (χ2v) is 6.00. The van der Waals surface area contributed by atoms with Crippen molar-refractivity contribution in [1.82, 2.24) is 10.3 Å². The third-order valence-electron chi connectivity index (χ3n) is 3.25. The number of thiazole rings is 1. The molecule has 0 amide bonds. The minimum atomic E-state index is -4.29. The monoisotopic (exact) mass is 314 g/mol. The van der Waals surface area contributed by atoms with Crippen molar-refractivity contribution in [1.29, 1.82) is 0 Å². The van der Waals surface area contributed by atoms with E-state index in [0.717, 1.165) is 29.1 Å². The van der Waals surface area contributed by atoms with Gasteiger partial charge in [-0.15, -0.1) is 11.3 Å². The number of halogens is 3. The SMILES string of the molecule is CCc1cnc(CNC(C)c2ccc(C(F)(F)F)cc2)s1. The van der Waals surface area contributed by atoms with Gasteiger partial charge in [-0.1, -0.05) is 19.1 Å². The Morgan fingerprint density at radius 3 is 2.43 bits per heavy atom. The maximum atomic E-state index is 12.5. The highest BCUT2D eigenvalue weighted by atomic mass is 32.1. The van der Waals surface area contributed by atoms with Crippen LogP contribution >= 0.6 is 11.3 Å². The summed E-state index contributed by atoms with van der Waals surface area (Å²) in [6.45, 7) is 4.62. The Balaban J connectivity index is 1.95. The number of benzene rings is 1. The predicted molar refractivity (Wildman–Crippen MR) is 78.2 cm³/mol. The Kier molecular flexibility index (Phi) is 5.00. The zero-order valence-corrected chi connectivity index (χ0v) is 12.7. The number of alkyl halides is 3. The van der Waals surface area contributed by atoms with E-state index in [2.05, 4.69) is 17.2 Å². The molecule has 1 atom stereocenters. The van der Waals surface area contributed by atoms with Crippen LogP contribution in [0.4, 0.5) is 13.2 Å². The topological polar surface area (TPSA) is 24.9 Å². The van der Waals surface area contributed by atoms with Crippen LogP contribution < -0.4 is 5.32 Å². The molecule has 0 saturated heterocycles. The molecule has 0 saturated carbocycles. The van der Waals surface area contributed by atoms with Crippen molar-refractivity contribution in [2.24, 2.45) is 0 Å². The summed E-state index contributed by atoms with van der Waals surface area (Å²) in [5, 5.41) is 4.27. The first-order valence-electron chi connectivity index (χ1n) is 6.74. The number of aryl methyl sites for hydroxylation is 1. The van der Waals surface area contributed by atoms with Gasteiger partial charge >= 0.3 is 6.18 Å². The molecule has 21 heavy (non-hydrogen) atoms. The van der Waals surface area contributed by atoms with Crippen molar-refractivity contribution in [3.63, 3.8) is 0 Å². The van der Waals surface area contributed by atoms with Crippen LogP contribution in [0.15, 0.2) is 30.5 Å². The van der Waals surface area contributed by atoms with Crippen molar-refractivity contribution in [3.05, 3.63) is 51.5 Å². The van der Waals surface area contributed by atoms with Crippen molar-refractivity contribution in [3.8, 4) is 0 Å². The van der Waals surface area contributed by atoms with Crippen LogP contribution in [0.25, 0.3) is 0 Å². The molecule has 0 spiro atoms. The average Bonchev–Trinajstić information content (AvgIpc) is 2.92. The van der Waals surface area contributed by atoms with Gasteiger partial charge in [-0.25, -0.2) is 4.98 Å². The summed E-state index contributed by atoms with van der Waals surface area (Å²) in [4.78, 5) is 5.54. The summed E-state index contributed by atoms with van der Waals surface area (Å²) in [6.07, 6.45) is -1.46. The third-order valence-corrected chi connectivity index (χ3v) is 4.39. The first kappa shape index (κ1) is 16.0. The average molecular weight is 314 g/mol. The number of rotatable bonds is 5. The summed E-state index contributed by atoms with van der Waals surface area (Å²) in [5.41, 5.74) is 0.209. The van der Waals surface area contributed by atoms with E-state index in [1.807, 2.05) is 13.1 Å². The number of hydrogen-bond donors (Lipinski definition) is 1. The van der Waals surface area contributed by atoms with Crippen molar-refractivity contribution < 1.29 is 13.2 Å². The lowest BCUT2D eigenvalue weighted by atomic mass is 10.1. The maximum absolute atomic E-state index is 12.5. The number of aromatic nitrogens is 1. The molecule has 2 nitrogen and oxygen atoms in total. The number of nitrogens with zero attached hydrogens (tertiary/aromatic N) is 1. The lowest BCUT2D eigenvalue weighted by Crippen LogP contribution is -2.18. The molecule has 0 bridgehead atoms. The van der Waals surface area contributed by atoms with Gasteiger partial charge in [0.05, 0.1) is 5.56 Å². The van der Waals surface area contributed by atoms with E-state index >= 15 is 0 Å². The summed E-state index contributed by atoms with van der Waals surface area (Å²) in [7, 11) is 0. The predicted octanol–water partition coefficient (Wildman–Crippen LogP) is 4.58. The van der Waals surface area contributed by atoms with E-state index in [1.165, 1.54) is 17.0 Å². The summed E-state index contributed by atoms with van der Waals surface area (Å²) in [5.74, 6) is 0. The largest absolute Gasteiger partial charge is 0.416 e. The molecule has 0 radical (unpaired) electrons. The van der Waals surface area contributed by atoms with Gasteiger partial charge in [-0.3, -0.25) is 0 Å². The van der Waals surface area contributed by atoms with E-state index in [-0.39, 0.29) is 6.04 Å². The minimum absolute atomic E-state index is 0.0266. The van der Waals surface area contributed by atoms with E-state index in [4.69, 9.17) is 0 Å². The van der Waals surface area contributed by atoms with Crippen LogP contribution in [0.2, 0.25) is 0 Å². The van der Waals surface area contributed by atoms with Crippen molar-refractivity contribution in [2.45, 2.75) is 39.0 Å². The van der Waals surface area contributed by atoms with E-state index in [9.17, 15) is 13.2 Å². The van der Waals surface area contributed by atoms with Crippen LogP contribution in [-0.4, -0.2) is 4.98 Å². The molecule has 2 aromatic rings. The highest BCUT2D eigenvalue weighted by molar-refractivity contribution is 7.11. The van der Waals surface area contributed by atoms with Gasteiger partial charge < -0.3 is 5.32 Å². The summed E-state index contributed by atoms with van der Waals surface area (Å²) in [6, 6.07) is 5.24. The van der Waals surface area contributed by atoms with Gasteiger partial charge in [-0.05, 0) is 31.0 Å². The van der Waals surface area contributed by atoms with Gasteiger partial charge in [0.25, 0.3) is 0 Å². The normalized spacial score (nSPS) is 13.4. The zero-order chi connectivity index (χ0) is 15.5. The van der Waals surface area contributed by atoms with E-state index < -0.39 is 11.7 Å². The molecule has 0 aliphatic carbocycles. The van der Waals surface area contributed by atoms with Crippen LogP contribution in [0.5, 0.6) is 0 Å². The standard InChI is InChI=1S/C15H17F3N2S/c1-3-13-8-20-14(21-13)9-19-10(2)11-4-6-12(7-5-11)15(16,17)18/h4-8,10,19H,3,9H2,1-2H3. The first-order valence-corrected chi connectivity index (χ1v) is 7.56. The molecule has 0 aliphatic heterocycles. The lowest BCUT2D eigenvalue weighted by molar-refractivity contribution is -0.137. The van der Waals surface area contributed by atoms with Crippen LogP contribution in [-0.2, 0) is 19.1 Å². The Hall–Kier alpha value is -1.40. The second-order valence-electron chi connectivity index (χ2n) is 4.80. The summed E-state index contributed by atoms with van der Waals surface area (Å²) < 4.78 is 37.5. The maximum Gasteiger partial charge on any atom is 0.416 e. The van der Waals surface area contributed by atoms with E-state index in [1.54, 1.807) is 11.3 Å². The zero-order valence-electron chi connectivity index (χ0n) is 11.9. The molecular formula is C15H17F3N2S. The van der Waals surface area contributed by atoms with Crippen LogP contribution in [0.3, 0.4) is 0 Å². The molecule has 0 fully saturated rings. The highest BCUT2D eigenvalue weighted by Crippen LogP contribution is 2.29. The van der Waals surface area contributed by atoms with Crippen LogP contribution in [0, 0.1) is 0 Å². The third kappa shape index (κ3) is 4.28. The Bertz CT molecular complexity index is 575. The quantitative estimate of drug-likeness (QED) is 0.874. The van der Waals surface area contributed by atoms with Crippen molar-refractivity contribution >= 4 is 11.3 Å². The Morgan fingerprint density at radius 1 is 1.24 bits per heavy atom. The fraction of sp³-hybridized carbons (Fsp3) is 0.400. The highest BCUT2D eigenvalue weighted by Gasteiger charge is 2.30. The molecule has 1 aromatic heterocycles.